The number of rotatable bonds is 4. The van der Waals surface area contributed by atoms with Crippen molar-refractivity contribution in [1.82, 2.24) is 9.97 Å². The van der Waals surface area contributed by atoms with Gasteiger partial charge in [0.15, 0.2) is 0 Å². The maximum Gasteiger partial charge on any atom is 0.316 e. The summed E-state index contributed by atoms with van der Waals surface area (Å²) >= 11 is 0. The van der Waals surface area contributed by atoms with Crippen LogP contribution in [0.3, 0.4) is 0 Å². The smallest absolute Gasteiger partial charge is 0.316 e. The molecule has 66 valence electrons. The lowest BCUT2D eigenvalue weighted by Gasteiger charge is -2.06. The number of hydrogen-bond donors (Lipinski definition) is 2. The Bertz CT molecular complexity index is 217. The fraction of sp³-hybridized carbons (Fsp3) is 0.429. The second-order valence-corrected chi connectivity index (χ2v) is 2.18. The first-order valence-corrected chi connectivity index (χ1v) is 3.51. The van der Waals surface area contributed by atoms with Crippen LogP contribution < -0.4 is 4.74 Å². The topological polar surface area (TPSA) is 75.5 Å². The lowest BCUT2D eigenvalue weighted by molar-refractivity contribution is 0.0504. The largest absolute Gasteiger partial charge is 0.461 e. The Hall–Kier alpha value is -1.20. The van der Waals surface area contributed by atoms with Crippen molar-refractivity contribution in [3.8, 4) is 6.01 Å². The molecule has 0 amide bonds. The molecule has 0 saturated carbocycles. The number of aromatic nitrogens is 2. The van der Waals surface area contributed by atoms with E-state index < -0.39 is 6.10 Å². The van der Waals surface area contributed by atoms with E-state index >= 15 is 0 Å². The number of hydrogen-bond acceptors (Lipinski definition) is 5. The van der Waals surface area contributed by atoms with Gasteiger partial charge in [0.05, 0.1) is 6.61 Å². The van der Waals surface area contributed by atoms with Gasteiger partial charge in [-0.25, -0.2) is 9.97 Å². The van der Waals surface area contributed by atoms with E-state index in [1.165, 1.54) is 12.4 Å². The zero-order valence-corrected chi connectivity index (χ0v) is 6.42. The molecule has 0 radical (unpaired) electrons. The highest BCUT2D eigenvalue weighted by Gasteiger charge is 2.03. The van der Waals surface area contributed by atoms with E-state index in [2.05, 4.69) is 9.97 Å². The summed E-state index contributed by atoms with van der Waals surface area (Å²) in [7, 11) is 0. The molecule has 0 aliphatic rings. The summed E-state index contributed by atoms with van der Waals surface area (Å²) in [5.41, 5.74) is 0. The summed E-state index contributed by atoms with van der Waals surface area (Å²) < 4.78 is 4.93. The molecule has 0 aromatic carbocycles. The molecular formula is C7H10N2O3. The van der Waals surface area contributed by atoms with Crippen molar-refractivity contribution in [2.45, 2.75) is 6.10 Å². The fourth-order valence-corrected chi connectivity index (χ4v) is 0.583. The molecule has 0 fully saturated rings. The number of ether oxygens (including phenoxy) is 1. The zero-order chi connectivity index (χ0) is 8.81. The maximum atomic E-state index is 8.89. The van der Waals surface area contributed by atoms with Gasteiger partial charge in [-0.2, -0.15) is 0 Å². The van der Waals surface area contributed by atoms with Crippen LogP contribution in [0.5, 0.6) is 6.01 Å². The monoisotopic (exact) mass is 170 g/mol. The van der Waals surface area contributed by atoms with Crippen molar-refractivity contribution >= 4 is 0 Å². The molecule has 2 N–H and O–H groups in total. The Balaban J connectivity index is 2.33. The first-order valence-electron chi connectivity index (χ1n) is 3.51. The Morgan fingerprint density at radius 2 is 2.08 bits per heavy atom. The molecule has 0 bridgehead atoms. The summed E-state index contributed by atoms with van der Waals surface area (Å²) in [6, 6.07) is 1.86. The standard InChI is InChI=1S/C7H10N2O3/c10-4-6(11)5-12-7-8-2-1-3-9-7/h1-3,6,10-11H,4-5H2/t6-/m0/s1. The van der Waals surface area contributed by atoms with Crippen LogP contribution in [0, 0.1) is 0 Å². The second-order valence-electron chi connectivity index (χ2n) is 2.18. The minimum atomic E-state index is -0.881. The lowest BCUT2D eigenvalue weighted by Crippen LogP contribution is -2.21. The predicted molar refractivity (Wildman–Crippen MR) is 40.6 cm³/mol. The summed E-state index contributed by atoms with van der Waals surface area (Å²) in [4.78, 5) is 7.52. The van der Waals surface area contributed by atoms with Gasteiger partial charge < -0.3 is 14.9 Å². The molecule has 5 nitrogen and oxygen atoms in total. The van der Waals surface area contributed by atoms with E-state index in [9.17, 15) is 0 Å². The van der Waals surface area contributed by atoms with Crippen LogP contribution in [-0.4, -0.2) is 39.5 Å². The van der Waals surface area contributed by atoms with Gasteiger partial charge >= 0.3 is 6.01 Å². The Labute approximate surface area is 69.7 Å². The molecule has 1 aromatic heterocycles. The summed E-state index contributed by atoms with van der Waals surface area (Å²) in [5, 5.41) is 17.3. The minimum Gasteiger partial charge on any atom is -0.461 e. The second kappa shape index (κ2) is 4.63. The average molecular weight is 170 g/mol. The molecule has 1 rings (SSSR count). The van der Waals surface area contributed by atoms with E-state index in [-0.39, 0.29) is 19.2 Å². The number of aliphatic hydroxyl groups excluding tert-OH is 2. The van der Waals surface area contributed by atoms with Gasteiger partial charge in [0.1, 0.15) is 12.7 Å². The highest BCUT2D eigenvalue weighted by molar-refractivity contribution is 4.93. The van der Waals surface area contributed by atoms with Crippen molar-refractivity contribution < 1.29 is 14.9 Å². The normalized spacial score (nSPS) is 12.5. The third kappa shape index (κ3) is 2.81. The van der Waals surface area contributed by atoms with Crippen LogP contribution in [-0.2, 0) is 0 Å². The molecule has 5 heteroatoms. The number of aliphatic hydroxyl groups is 2. The van der Waals surface area contributed by atoms with Crippen LogP contribution in [0.15, 0.2) is 18.5 Å². The van der Waals surface area contributed by atoms with E-state index in [1.54, 1.807) is 6.07 Å². The predicted octanol–water partition coefficient (Wildman–Crippen LogP) is -0.791. The molecule has 1 aromatic rings. The van der Waals surface area contributed by atoms with E-state index in [1.807, 2.05) is 0 Å². The summed E-state index contributed by atoms with van der Waals surface area (Å²) in [5.74, 6) is 0. The Morgan fingerprint density at radius 3 is 2.67 bits per heavy atom. The number of nitrogens with zero attached hydrogens (tertiary/aromatic N) is 2. The molecule has 1 atom stereocenters. The van der Waals surface area contributed by atoms with Gasteiger partial charge in [0.25, 0.3) is 0 Å². The van der Waals surface area contributed by atoms with Crippen LogP contribution in [0.4, 0.5) is 0 Å². The zero-order valence-electron chi connectivity index (χ0n) is 6.42. The SMILES string of the molecule is OC[C@H](O)COc1ncccn1. The molecule has 0 spiro atoms. The van der Waals surface area contributed by atoms with E-state index in [4.69, 9.17) is 14.9 Å². The summed E-state index contributed by atoms with van der Waals surface area (Å²) in [6.07, 6.45) is 2.19. The van der Waals surface area contributed by atoms with Crippen LogP contribution in [0.2, 0.25) is 0 Å². The van der Waals surface area contributed by atoms with Crippen molar-refractivity contribution in [3.05, 3.63) is 18.5 Å². The van der Waals surface area contributed by atoms with Crippen LogP contribution >= 0.6 is 0 Å². The van der Waals surface area contributed by atoms with Crippen molar-refractivity contribution in [1.29, 1.82) is 0 Å². The molecule has 12 heavy (non-hydrogen) atoms. The quantitative estimate of drug-likeness (QED) is 0.619. The summed E-state index contributed by atoms with van der Waals surface area (Å²) in [6.45, 7) is -0.326. The first-order chi connectivity index (χ1) is 5.83. The minimum absolute atomic E-state index is 0.000509. The molecule has 0 aliphatic heterocycles. The van der Waals surface area contributed by atoms with Gasteiger partial charge in [-0.05, 0) is 6.07 Å². The van der Waals surface area contributed by atoms with Gasteiger partial charge in [0.2, 0.25) is 0 Å². The Morgan fingerprint density at radius 1 is 1.42 bits per heavy atom. The van der Waals surface area contributed by atoms with Gasteiger partial charge in [0, 0.05) is 12.4 Å². The first kappa shape index (κ1) is 8.89. The molecular weight excluding hydrogens is 160 g/mol. The van der Waals surface area contributed by atoms with Crippen molar-refractivity contribution in [2.24, 2.45) is 0 Å². The third-order valence-corrected chi connectivity index (χ3v) is 1.16. The molecule has 0 unspecified atom stereocenters. The average Bonchev–Trinajstić information content (AvgIpc) is 2.16. The van der Waals surface area contributed by atoms with Gasteiger partial charge in [-0.15, -0.1) is 0 Å². The van der Waals surface area contributed by atoms with Crippen LogP contribution in [0.1, 0.15) is 0 Å². The molecule has 0 aliphatic carbocycles. The Kier molecular flexibility index (Phi) is 3.43. The highest BCUT2D eigenvalue weighted by atomic mass is 16.5. The van der Waals surface area contributed by atoms with E-state index in [0.717, 1.165) is 0 Å². The van der Waals surface area contributed by atoms with E-state index in [0.29, 0.717) is 0 Å². The molecule has 1 heterocycles. The van der Waals surface area contributed by atoms with Crippen LogP contribution in [0.25, 0.3) is 0 Å². The third-order valence-electron chi connectivity index (χ3n) is 1.16. The lowest BCUT2D eigenvalue weighted by atomic mass is 10.4. The van der Waals surface area contributed by atoms with Gasteiger partial charge in [-0.3, -0.25) is 0 Å². The van der Waals surface area contributed by atoms with Crippen molar-refractivity contribution in [3.63, 3.8) is 0 Å². The highest BCUT2D eigenvalue weighted by Crippen LogP contribution is 1.97. The van der Waals surface area contributed by atoms with Gasteiger partial charge in [-0.1, -0.05) is 0 Å². The molecule has 0 saturated heterocycles. The van der Waals surface area contributed by atoms with Crippen molar-refractivity contribution in [2.75, 3.05) is 13.2 Å². The fourth-order valence-electron chi connectivity index (χ4n) is 0.583. The maximum absolute atomic E-state index is 8.89.